The van der Waals surface area contributed by atoms with Gasteiger partial charge < -0.3 is 19.5 Å². The van der Waals surface area contributed by atoms with Crippen molar-refractivity contribution in [1.82, 2.24) is 0 Å². The van der Waals surface area contributed by atoms with E-state index in [9.17, 15) is 9.59 Å². The summed E-state index contributed by atoms with van der Waals surface area (Å²) >= 11 is 0. The second-order valence-electron chi connectivity index (χ2n) is 7.45. The zero-order chi connectivity index (χ0) is 23.5. The maximum absolute atomic E-state index is 13.6. The van der Waals surface area contributed by atoms with Crippen molar-refractivity contribution in [2.75, 3.05) is 31.5 Å². The van der Waals surface area contributed by atoms with Crippen LogP contribution in [0.2, 0.25) is 0 Å². The summed E-state index contributed by atoms with van der Waals surface area (Å²) in [5, 5.41) is 3.14. The molecule has 0 saturated heterocycles. The van der Waals surface area contributed by atoms with E-state index >= 15 is 0 Å². The van der Waals surface area contributed by atoms with Crippen LogP contribution < -0.4 is 24.4 Å². The molecule has 7 heteroatoms. The number of carbonyl (C=O) groups excluding carboxylic acids is 2. The molecule has 1 heterocycles. The zero-order valence-electron chi connectivity index (χ0n) is 18.8. The first-order chi connectivity index (χ1) is 16.0. The number of nitrogens with zero attached hydrogens (tertiary/aromatic N) is 1. The van der Waals surface area contributed by atoms with Crippen molar-refractivity contribution < 1.29 is 23.8 Å². The monoisotopic (exact) mass is 444 g/mol. The average Bonchev–Trinajstić information content (AvgIpc) is 3.08. The number of ether oxygens (including phenoxy) is 3. The lowest BCUT2D eigenvalue weighted by Gasteiger charge is -2.16. The van der Waals surface area contributed by atoms with E-state index in [2.05, 4.69) is 5.32 Å². The molecule has 2 amide bonds. The number of methoxy groups -OCH3 is 3. The van der Waals surface area contributed by atoms with Crippen LogP contribution in [0.15, 0.2) is 72.4 Å². The standard InChI is InChI=1S/C26H24N2O5/c1-16-5-10-19(11-6-16)28-25(29)23(17-7-14-21(32-3)22(15-17)33-4)24(26(28)30)27-18-8-12-20(31-2)13-9-18/h5-15,27H,1-4H3. The number of benzene rings is 3. The quantitative estimate of drug-likeness (QED) is 0.544. The van der Waals surface area contributed by atoms with Crippen LogP contribution in [0.3, 0.4) is 0 Å². The number of rotatable bonds is 7. The van der Waals surface area contributed by atoms with E-state index in [1.807, 2.05) is 19.1 Å². The molecular weight excluding hydrogens is 420 g/mol. The van der Waals surface area contributed by atoms with Crippen LogP contribution in [-0.4, -0.2) is 33.1 Å². The first-order valence-electron chi connectivity index (χ1n) is 10.3. The number of imide groups is 1. The predicted molar refractivity (Wildman–Crippen MR) is 127 cm³/mol. The molecule has 1 aliphatic heterocycles. The molecule has 4 rings (SSSR count). The molecule has 0 fully saturated rings. The van der Waals surface area contributed by atoms with Gasteiger partial charge in [0.05, 0.1) is 32.6 Å². The molecular formula is C26H24N2O5. The van der Waals surface area contributed by atoms with E-state index in [1.165, 1.54) is 19.1 Å². The lowest BCUT2D eigenvalue weighted by Crippen LogP contribution is -2.32. The van der Waals surface area contributed by atoms with Gasteiger partial charge in [0, 0.05) is 5.69 Å². The Labute approximate surface area is 192 Å². The van der Waals surface area contributed by atoms with Crippen LogP contribution in [0.1, 0.15) is 11.1 Å². The lowest BCUT2D eigenvalue weighted by atomic mass is 10.0. The van der Waals surface area contributed by atoms with Gasteiger partial charge >= 0.3 is 0 Å². The van der Waals surface area contributed by atoms with Crippen LogP contribution in [0.25, 0.3) is 5.57 Å². The first kappa shape index (κ1) is 22.0. The molecule has 0 radical (unpaired) electrons. The van der Waals surface area contributed by atoms with E-state index in [1.54, 1.807) is 61.7 Å². The number of hydrogen-bond acceptors (Lipinski definition) is 6. The van der Waals surface area contributed by atoms with Crippen molar-refractivity contribution in [3.63, 3.8) is 0 Å². The highest BCUT2D eigenvalue weighted by molar-refractivity contribution is 6.46. The van der Waals surface area contributed by atoms with Crippen LogP contribution in [0.5, 0.6) is 17.2 Å². The van der Waals surface area contributed by atoms with Crippen LogP contribution in [0.4, 0.5) is 11.4 Å². The number of hydrogen-bond donors (Lipinski definition) is 1. The summed E-state index contributed by atoms with van der Waals surface area (Å²) in [6, 6.07) is 19.5. The van der Waals surface area contributed by atoms with Gasteiger partial charge in [-0.05, 0) is 61.0 Å². The van der Waals surface area contributed by atoms with E-state index in [-0.39, 0.29) is 11.3 Å². The molecule has 0 saturated carbocycles. The summed E-state index contributed by atoms with van der Waals surface area (Å²) in [5.41, 5.74) is 3.14. The first-order valence-corrected chi connectivity index (χ1v) is 10.3. The van der Waals surface area contributed by atoms with Crippen LogP contribution in [-0.2, 0) is 9.59 Å². The van der Waals surface area contributed by atoms with Gasteiger partial charge in [-0.25, -0.2) is 4.90 Å². The van der Waals surface area contributed by atoms with Gasteiger partial charge in [0.25, 0.3) is 11.8 Å². The minimum absolute atomic E-state index is 0.179. The molecule has 0 spiro atoms. The summed E-state index contributed by atoms with van der Waals surface area (Å²) in [4.78, 5) is 28.2. The third-order valence-electron chi connectivity index (χ3n) is 5.41. The molecule has 0 aliphatic carbocycles. The van der Waals surface area contributed by atoms with Crippen molar-refractivity contribution in [2.24, 2.45) is 0 Å². The van der Waals surface area contributed by atoms with Crippen molar-refractivity contribution in [1.29, 1.82) is 0 Å². The minimum atomic E-state index is -0.440. The van der Waals surface area contributed by atoms with Crippen molar-refractivity contribution in [2.45, 2.75) is 6.92 Å². The van der Waals surface area contributed by atoms with Gasteiger partial charge in [-0.2, -0.15) is 0 Å². The Balaban J connectivity index is 1.82. The Bertz CT molecular complexity index is 1230. The maximum atomic E-state index is 13.6. The molecule has 0 bridgehead atoms. The molecule has 0 atom stereocenters. The third kappa shape index (κ3) is 4.13. The SMILES string of the molecule is COc1ccc(NC2=C(c3ccc(OC)c(OC)c3)C(=O)N(c3ccc(C)cc3)C2=O)cc1. The number of nitrogens with one attached hydrogen (secondary N) is 1. The van der Waals surface area contributed by atoms with Crippen LogP contribution in [0, 0.1) is 6.92 Å². The largest absolute Gasteiger partial charge is 0.497 e. The van der Waals surface area contributed by atoms with Gasteiger partial charge in [-0.3, -0.25) is 9.59 Å². The van der Waals surface area contributed by atoms with Crippen molar-refractivity contribution >= 4 is 28.8 Å². The smallest absolute Gasteiger partial charge is 0.282 e. The highest BCUT2D eigenvalue weighted by Crippen LogP contribution is 2.37. The highest BCUT2D eigenvalue weighted by Gasteiger charge is 2.40. The fraction of sp³-hybridized carbons (Fsp3) is 0.154. The number of carbonyl (C=O) groups is 2. The van der Waals surface area contributed by atoms with Gasteiger partial charge in [0.15, 0.2) is 11.5 Å². The predicted octanol–water partition coefficient (Wildman–Crippen LogP) is 4.42. The fourth-order valence-electron chi connectivity index (χ4n) is 3.65. The van der Waals surface area contributed by atoms with E-state index < -0.39 is 11.8 Å². The lowest BCUT2D eigenvalue weighted by molar-refractivity contribution is -0.120. The normalized spacial score (nSPS) is 13.4. The van der Waals surface area contributed by atoms with E-state index in [0.717, 1.165) is 5.56 Å². The topological polar surface area (TPSA) is 77.1 Å². The van der Waals surface area contributed by atoms with Gasteiger partial charge in [-0.1, -0.05) is 23.8 Å². The minimum Gasteiger partial charge on any atom is -0.497 e. The van der Waals surface area contributed by atoms with Gasteiger partial charge in [0.1, 0.15) is 11.4 Å². The van der Waals surface area contributed by atoms with Crippen LogP contribution >= 0.6 is 0 Å². The molecule has 3 aromatic rings. The molecule has 0 unspecified atom stereocenters. The number of amides is 2. The Morgan fingerprint density at radius 1 is 0.727 bits per heavy atom. The Morgan fingerprint density at radius 3 is 2.00 bits per heavy atom. The van der Waals surface area contributed by atoms with Gasteiger partial charge in [0.2, 0.25) is 0 Å². The summed E-state index contributed by atoms with van der Waals surface area (Å²) in [7, 11) is 4.64. The average molecular weight is 444 g/mol. The third-order valence-corrected chi connectivity index (χ3v) is 5.41. The summed E-state index contributed by atoms with van der Waals surface area (Å²) in [5.74, 6) is 0.806. The second-order valence-corrected chi connectivity index (χ2v) is 7.45. The molecule has 1 aliphatic rings. The highest BCUT2D eigenvalue weighted by atomic mass is 16.5. The molecule has 3 aromatic carbocycles. The summed E-state index contributed by atoms with van der Waals surface area (Å²) in [6.07, 6.45) is 0. The van der Waals surface area contributed by atoms with E-state index in [4.69, 9.17) is 14.2 Å². The van der Waals surface area contributed by atoms with Crippen molar-refractivity contribution in [3.8, 4) is 17.2 Å². The maximum Gasteiger partial charge on any atom is 0.282 e. The summed E-state index contributed by atoms with van der Waals surface area (Å²) in [6.45, 7) is 1.95. The molecule has 33 heavy (non-hydrogen) atoms. The number of aryl methyl sites for hydroxylation is 1. The van der Waals surface area contributed by atoms with Gasteiger partial charge in [-0.15, -0.1) is 0 Å². The molecule has 0 aromatic heterocycles. The fourth-order valence-corrected chi connectivity index (χ4v) is 3.65. The molecule has 1 N–H and O–H groups in total. The Hall–Kier alpha value is -4.26. The second kappa shape index (κ2) is 9.08. The Kier molecular flexibility index (Phi) is 6.04. The summed E-state index contributed by atoms with van der Waals surface area (Å²) < 4.78 is 15.9. The Morgan fingerprint density at radius 2 is 1.39 bits per heavy atom. The number of anilines is 2. The zero-order valence-corrected chi connectivity index (χ0v) is 18.8. The molecule has 168 valence electrons. The van der Waals surface area contributed by atoms with E-state index in [0.29, 0.717) is 34.2 Å². The van der Waals surface area contributed by atoms with Crippen molar-refractivity contribution in [3.05, 3.63) is 83.6 Å². The molecule has 7 nitrogen and oxygen atoms in total.